The van der Waals surface area contributed by atoms with E-state index in [1.54, 1.807) is 0 Å². The molecule has 0 aromatic heterocycles. The van der Waals surface area contributed by atoms with E-state index in [0.717, 1.165) is 37.9 Å². The number of carbonyl (C=O) groups excluding carboxylic acids is 1. The van der Waals surface area contributed by atoms with Gasteiger partial charge in [0.2, 0.25) is 5.91 Å². The lowest BCUT2D eigenvalue weighted by Gasteiger charge is -2.30. The predicted molar refractivity (Wildman–Crippen MR) is 92.4 cm³/mol. The fraction of sp³-hybridized carbons (Fsp3) is 0.556. The number of ether oxygens (including phenoxy) is 1. The summed E-state index contributed by atoms with van der Waals surface area (Å²) in [5.41, 5.74) is 1.79. The van der Waals surface area contributed by atoms with Gasteiger partial charge < -0.3 is 20.1 Å². The Morgan fingerprint density at radius 2 is 2.21 bits per heavy atom. The number of amides is 1. The molecule has 1 fully saturated rings. The average Bonchev–Trinajstić information content (AvgIpc) is 2.55. The molecule has 1 aliphatic rings. The summed E-state index contributed by atoms with van der Waals surface area (Å²) in [6.45, 7) is 6.31. The van der Waals surface area contributed by atoms with Crippen molar-refractivity contribution in [1.82, 2.24) is 4.90 Å². The number of nitrogens with zero attached hydrogens (tertiary/aromatic N) is 1. The van der Waals surface area contributed by atoms with Gasteiger partial charge >= 0.3 is 5.97 Å². The molecule has 2 rings (SSSR count). The Kier molecular flexibility index (Phi) is 6.61. The number of rotatable bonds is 7. The second-order valence-electron chi connectivity index (χ2n) is 6.17. The normalized spacial score (nSPS) is 18.2. The van der Waals surface area contributed by atoms with E-state index in [9.17, 15) is 9.59 Å². The first-order valence-corrected chi connectivity index (χ1v) is 8.48. The fourth-order valence-electron chi connectivity index (χ4n) is 3.04. The topological polar surface area (TPSA) is 78.9 Å². The van der Waals surface area contributed by atoms with Crippen molar-refractivity contribution in [3.05, 3.63) is 23.8 Å². The summed E-state index contributed by atoms with van der Waals surface area (Å²) in [6, 6.07) is 5.79. The van der Waals surface area contributed by atoms with Crippen LogP contribution in [0.3, 0.4) is 0 Å². The van der Waals surface area contributed by atoms with Gasteiger partial charge in [0.15, 0.2) is 0 Å². The first kappa shape index (κ1) is 18.3. The van der Waals surface area contributed by atoms with E-state index in [-0.39, 0.29) is 11.8 Å². The zero-order valence-electron chi connectivity index (χ0n) is 14.4. The summed E-state index contributed by atoms with van der Waals surface area (Å²) in [4.78, 5) is 24.6. The molecule has 1 aromatic carbocycles. The maximum Gasteiger partial charge on any atom is 0.307 e. The van der Waals surface area contributed by atoms with Gasteiger partial charge in [0.25, 0.3) is 0 Å². The molecule has 1 atom stereocenters. The van der Waals surface area contributed by atoms with Gasteiger partial charge in [-0.15, -0.1) is 0 Å². The number of benzene rings is 1. The molecule has 0 spiro atoms. The molecular formula is C18H26N2O4. The highest BCUT2D eigenvalue weighted by Crippen LogP contribution is 2.26. The Morgan fingerprint density at radius 3 is 2.88 bits per heavy atom. The van der Waals surface area contributed by atoms with E-state index < -0.39 is 5.97 Å². The van der Waals surface area contributed by atoms with Gasteiger partial charge in [-0.25, -0.2) is 0 Å². The van der Waals surface area contributed by atoms with Crippen LogP contribution in [0.1, 0.15) is 32.3 Å². The zero-order valence-corrected chi connectivity index (χ0v) is 14.4. The third kappa shape index (κ3) is 5.23. The minimum atomic E-state index is -0.696. The SMILES string of the molecule is CCOc1cc(CCN2CCCC(C(=O)O)C2)ccc1NC(C)=O. The van der Waals surface area contributed by atoms with Gasteiger partial charge in [0.1, 0.15) is 5.75 Å². The molecule has 0 saturated carbocycles. The summed E-state index contributed by atoms with van der Waals surface area (Å²) >= 11 is 0. The highest BCUT2D eigenvalue weighted by molar-refractivity contribution is 5.90. The van der Waals surface area contributed by atoms with Gasteiger partial charge in [0, 0.05) is 20.0 Å². The number of nitrogens with one attached hydrogen (secondary N) is 1. The van der Waals surface area contributed by atoms with Crippen LogP contribution < -0.4 is 10.1 Å². The Balaban J connectivity index is 1.98. The third-order valence-corrected chi connectivity index (χ3v) is 4.23. The van der Waals surface area contributed by atoms with Crippen LogP contribution in [0, 0.1) is 5.92 Å². The second kappa shape index (κ2) is 8.68. The molecule has 1 saturated heterocycles. The molecule has 1 aromatic rings. The maximum absolute atomic E-state index is 11.3. The van der Waals surface area contributed by atoms with Crippen molar-refractivity contribution >= 4 is 17.6 Å². The Morgan fingerprint density at radius 1 is 1.42 bits per heavy atom. The number of carboxylic acid groups (broad SMARTS) is 1. The molecule has 1 aliphatic heterocycles. The van der Waals surface area contributed by atoms with E-state index in [0.29, 0.717) is 24.6 Å². The molecule has 132 valence electrons. The van der Waals surface area contributed by atoms with Crippen LogP contribution in [-0.2, 0) is 16.0 Å². The molecule has 0 bridgehead atoms. The minimum absolute atomic E-state index is 0.128. The molecule has 2 N–H and O–H groups in total. The van der Waals surface area contributed by atoms with Crippen LogP contribution in [0.5, 0.6) is 5.75 Å². The Bertz CT molecular complexity index is 588. The summed E-state index contributed by atoms with van der Waals surface area (Å²) in [6.07, 6.45) is 2.53. The lowest BCUT2D eigenvalue weighted by atomic mass is 9.98. The maximum atomic E-state index is 11.3. The molecule has 1 heterocycles. The van der Waals surface area contributed by atoms with Crippen molar-refractivity contribution in [2.45, 2.75) is 33.1 Å². The van der Waals surface area contributed by atoms with Crippen molar-refractivity contribution in [3.8, 4) is 5.75 Å². The van der Waals surface area contributed by atoms with E-state index in [1.165, 1.54) is 6.92 Å². The van der Waals surface area contributed by atoms with E-state index in [1.807, 2.05) is 25.1 Å². The van der Waals surface area contributed by atoms with Crippen LogP contribution in [0.15, 0.2) is 18.2 Å². The number of carbonyl (C=O) groups is 2. The van der Waals surface area contributed by atoms with Crippen molar-refractivity contribution < 1.29 is 19.4 Å². The van der Waals surface area contributed by atoms with Gasteiger partial charge in [-0.2, -0.15) is 0 Å². The van der Waals surface area contributed by atoms with Crippen LogP contribution >= 0.6 is 0 Å². The monoisotopic (exact) mass is 334 g/mol. The Labute approximate surface area is 142 Å². The van der Waals surface area contributed by atoms with E-state index >= 15 is 0 Å². The number of piperidine rings is 1. The van der Waals surface area contributed by atoms with Crippen molar-refractivity contribution in [2.24, 2.45) is 5.92 Å². The molecule has 0 aliphatic carbocycles. The minimum Gasteiger partial charge on any atom is -0.492 e. The number of hydrogen-bond acceptors (Lipinski definition) is 4. The van der Waals surface area contributed by atoms with Gasteiger partial charge in [-0.3, -0.25) is 9.59 Å². The number of carboxylic acids is 1. The number of likely N-dealkylation sites (tertiary alicyclic amines) is 1. The molecule has 1 amide bonds. The molecule has 24 heavy (non-hydrogen) atoms. The summed E-state index contributed by atoms with van der Waals surface area (Å²) in [5, 5.41) is 11.9. The molecule has 0 radical (unpaired) electrons. The van der Waals surface area contributed by atoms with Crippen LogP contribution in [0.25, 0.3) is 0 Å². The van der Waals surface area contributed by atoms with E-state index in [2.05, 4.69) is 10.2 Å². The molecule has 6 nitrogen and oxygen atoms in total. The summed E-state index contributed by atoms with van der Waals surface area (Å²) in [7, 11) is 0. The van der Waals surface area contributed by atoms with Crippen LogP contribution in [0.2, 0.25) is 0 Å². The molecular weight excluding hydrogens is 308 g/mol. The largest absolute Gasteiger partial charge is 0.492 e. The average molecular weight is 334 g/mol. The molecule has 6 heteroatoms. The molecule has 1 unspecified atom stereocenters. The number of anilines is 1. The fourth-order valence-corrected chi connectivity index (χ4v) is 3.04. The van der Waals surface area contributed by atoms with Gasteiger partial charge in [0.05, 0.1) is 18.2 Å². The zero-order chi connectivity index (χ0) is 17.5. The van der Waals surface area contributed by atoms with Crippen LogP contribution in [-0.4, -0.2) is 48.1 Å². The first-order valence-electron chi connectivity index (χ1n) is 8.48. The number of aliphatic carboxylic acids is 1. The van der Waals surface area contributed by atoms with Crippen molar-refractivity contribution in [2.75, 3.05) is 31.6 Å². The van der Waals surface area contributed by atoms with Gasteiger partial charge in [-0.1, -0.05) is 6.07 Å². The number of hydrogen-bond donors (Lipinski definition) is 2. The quantitative estimate of drug-likeness (QED) is 0.800. The van der Waals surface area contributed by atoms with Crippen LogP contribution in [0.4, 0.5) is 5.69 Å². The second-order valence-corrected chi connectivity index (χ2v) is 6.17. The smallest absolute Gasteiger partial charge is 0.307 e. The third-order valence-electron chi connectivity index (χ3n) is 4.23. The van der Waals surface area contributed by atoms with Crippen molar-refractivity contribution in [3.63, 3.8) is 0 Å². The first-order chi connectivity index (χ1) is 11.5. The van der Waals surface area contributed by atoms with Gasteiger partial charge in [-0.05, 0) is 50.4 Å². The lowest BCUT2D eigenvalue weighted by Crippen LogP contribution is -2.39. The highest BCUT2D eigenvalue weighted by atomic mass is 16.5. The van der Waals surface area contributed by atoms with Crippen molar-refractivity contribution in [1.29, 1.82) is 0 Å². The predicted octanol–water partition coefficient (Wildman–Crippen LogP) is 2.38. The highest BCUT2D eigenvalue weighted by Gasteiger charge is 2.24. The lowest BCUT2D eigenvalue weighted by molar-refractivity contribution is -0.143. The Hall–Kier alpha value is -2.08. The standard InChI is InChI=1S/C18H26N2O4/c1-3-24-17-11-14(6-7-16(17)19-13(2)21)8-10-20-9-4-5-15(12-20)18(22)23/h6-7,11,15H,3-5,8-10,12H2,1-2H3,(H,19,21)(H,22,23). The summed E-state index contributed by atoms with van der Waals surface area (Å²) in [5.74, 6) is -0.401. The van der Waals surface area contributed by atoms with E-state index in [4.69, 9.17) is 9.84 Å². The summed E-state index contributed by atoms with van der Waals surface area (Å²) < 4.78 is 5.61.